The Morgan fingerprint density at radius 2 is 1.76 bits per heavy atom. The van der Waals surface area contributed by atoms with Crippen LogP contribution >= 0.6 is 28.3 Å². The van der Waals surface area contributed by atoms with Gasteiger partial charge < -0.3 is 4.90 Å². The lowest BCUT2D eigenvalue weighted by atomic mass is 9.84. The summed E-state index contributed by atoms with van der Waals surface area (Å²) in [5, 5.41) is 0. The molecule has 4 rings (SSSR count). The Hall–Kier alpha value is -0.380. The fourth-order valence-electron chi connectivity index (χ4n) is 3.65. The number of carbonyl (C=O) groups excluding carboxylic acids is 1. The molecule has 2 nitrogen and oxygen atoms in total. The molecule has 4 heteroatoms. The number of nitrogens with zero attached hydrogens (tertiary/aromatic N) is 1. The lowest BCUT2D eigenvalue weighted by molar-refractivity contribution is 0.0961. The van der Waals surface area contributed by atoms with Crippen molar-refractivity contribution in [3.8, 4) is 0 Å². The van der Waals surface area contributed by atoms with Crippen LogP contribution in [0.15, 0.2) is 28.7 Å². The van der Waals surface area contributed by atoms with Crippen LogP contribution in [-0.2, 0) is 0 Å². The van der Waals surface area contributed by atoms with Gasteiger partial charge in [0.2, 0.25) is 0 Å². The molecule has 1 aromatic carbocycles. The molecule has 0 unspecified atom stereocenters. The molecule has 21 heavy (non-hydrogen) atoms. The molecule has 2 saturated heterocycles. The Morgan fingerprint density at radius 3 is 2.33 bits per heavy atom. The van der Waals surface area contributed by atoms with Gasteiger partial charge in [-0.15, -0.1) is 12.4 Å². The minimum Gasteiger partial charge on any atom is -0.302 e. The van der Waals surface area contributed by atoms with Crippen LogP contribution in [0.5, 0.6) is 0 Å². The second kappa shape index (κ2) is 7.75. The standard InChI is InChI=1S/C17H22BrNO.ClH/c18-16-3-1-2-15(10-16)17(20)8-9-19-11-13-4-5-14(12-19)7-6-13;/h1-3,10,13-14H,4-9,11-12H2;1H. The summed E-state index contributed by atoms with van der Waals surface area (Å²) in [5.74, 6) is 2.03. The van der Waals surface area contributed by atoms with Crippen LogP contribution < -0.4 is 0 Å². The van der Waals surface area contributed by atoms with Gasteiger partial charge >= 0.3 is 0 Å². The SMILES string of the molecule is Cl.O=C(CCN1CC2CCC(CC2)C1)c1cccc(Br)c1. The summed E-state index contributed by atoms with van der Waals surface area (Å²) >= 11 is 3.43. The second-order valence-corrected chi connectivity index (χ2v) is 7.25. The number of hydrogen-bond acceptors (Lipinski definition) is 2. The van der Waals surface area contributed by atoms with Gasteiger partial charge in [-0.2, -0.15) is 0 Å². The predicted molar refractivity (Wildman–Crippen MR) is 92.2 cm³/mol. The fraction of sp³-hybridized carbons (Fsp3) is 0.588. The van der Waals surface area contributed by atoms with Crippen molar-refractivity contribution in [3.63, 3.8) is 0 Å². The predicted octanol–water partition coefficient (Wildman–Crippen LogP) is 4.57. The lowest BCUT2D eigenvalue weighted by Gasteiger charge is -2.21. The molecule has 3 fully saturated rings. The average molecular weight is 373 g/mol. The van der Waals surface area contributed by atoms with Crippen molar-refractivity contribution in [1.82, 2.24) is 4.90 Å². The Labute approximate surface area is 141 Å². The fourth-order valence-corrected chi connectivity index (χ4v) is 4.05. The molecule has 3 aliphatic rings. The van der Waals surface area contributed by atoms with Gasteiger partial charge in [-0.3, -0.25) is 4.79 Å². The second-order valence-electron chi connectivity index (χ2n) is 6.33. The van der Waals surface area contributed by atoms with E-state index in [1.54, 1.807) is 0 Å². The maximum atomic E-state index is 12.3. The van der Waals surface area contributed by atoms with E-state index in [0.717, 1.165) is 28.4 Å². The molecular weight excluding hydrogens is 350 g/mol. The molecule has 1 saturated carbocycles. The number of rotatable bonds is 4. The van der Waals surface area contributed by atoms with E-state index in [1.807, 2.05) is 24.3 Å². The number of halogens is 2. The van der Waals surface area contributed by atoms with E-state index < -0.39 is 0 Å². The van der Waals surface area contributed by atoms with Gasteiger partial charge in [0, 0.05) is 36.1 Å². The molecular formula is C17H23BrClNO. The van der Waals surface area contributed by atoms with Crippen LogP contribution in [0.4, 0.5) is 0 Å². The first-order chi connectivity index (χ1) is 9.70. The molecule has 2 bridgehead atoms. The van der Waals surface area contributed by atoms with Gasteiger partial charge in [0.05, 0.1) is 0 Å². The Bertz CT molecular complexity index is 471. The molecule has 0 spiro atoms. The molecule has 0 N–H and O–H groups in total. The third-order valence-corrected chi connectivity index (χ3v) is 5.29. The van der Waals surface area contributed by atoms with Crippen LogP contribution in [0.25, 0.3) is 0 Å². The van der Waals surface area contributed by atoms with Gasteiger partial charge in [-0.25, -0.2) is 0 Å². The van der Waals surface area contributed by atoms with Crippen molar-refractivity contribution < 1.29 is 4.79 Å². The molecule has 2 aliphatic heterocycles. The normalized spacial score (nSPS) is 25.2. The quantitative estimate of drug-likeness (QED) is 0.722. The van der Waals surface area contributed by atoms with E-state index in [2.05, 4.69) is 20.8 Å². The zero-order chi connectivity index (χ0) is 13.9. The highest BCUT2D eigenvalue weighted by Crippen LogP contribution is 2.33. The number of Topliss-reactive ketones (excluding diaryl/α,β-unsaturated/α-hetero) is 1. The molecule has 0 aromatic heterocycles. The van der Waals surface area contributed by atoms with E-state index in [0.29, 0.717) is 6.42 Å². The topological polar surface area (TPSA) is 20.3 Å². The maximum absolute atomic E-state index is 12.3. The number of carbonyl (C=O) groups is 1. The van der Waals surface area contributed by atoms with Gasteiger partial charge in [0.15, 0.2) is 5.78 Å². The van der Waals surface area contributed by atoms with Crippen molar-refractivity contribution in [2.24, 2.45) is 11.8 Å². The maximum Gasteiger partial charge on any atom is 0.164 e. The molecule has 0 radical (unpaired) electrons. The van der Waals surface area contributed by atoms with Crippen molar-refractivity contribution in [2.45, 2.75) is 32.1 Å². The first-order valence-corrected chi connectivity index (χ1v) is 8.51. The Balaban J connectivity index is 0.00000161. The minimum absolute atomic E-state index is 0. The van der Waals surface area contributed by atoms with Crippen molar-refractivity contribution in [3.05, 3.63) is 34.3 Å². The minimum atomic E-state index is 0. The third kappa shape index (κ3) is 4.54. The zero-order valence-corrected chi connectivity index (χ0v) is 14.7. The highest BCUT2D eigenvalue weighted by atomic mass is 79.9. The van der Waals surface area contributed by atoms with Crippen LogP contribution in [0.3, 0.4) is 0 Å². The molecule has 1 aromatic rings. The smallest absolute Gasteiger partial charge is 0.164 e. The van der Waals surface area contributed by atoms with Crippen LogP contribution in [-0.4, -0.2) is 30.3 Å². The summed E-state index contributed by atoms with van der Waals surface area (Å²) in [6.07, 6.45) is 6.26. The van der Waals surface area contributed by atoms with E-state index >= 15 is 0 Å². The molecule has 0 amide bonds. The summed E-state index contributed by atoms with van der Waals surface area (Å²) < 4.78 is 0.983. The Kier molecular flexibility index (Phi) is 6.27. The summed E-state index contributed by atoms with van der Waals surface area (Å²) in [6.45, 7) is 3.35. The molecule has 0 atom stereocenters. The Morgan fingerprint density at radius 1 is 1.14 bits per heavy atom. The van der Waals surface area contributed by atoms with Gasteiger partial charge in [0.25, 0.3) is 0 Å². The number of ketones is 1. The monoisotopic (exact) mass is 371 g/mol. The first kappa shape index (κ1) is 17.0. The summed E-state index contributed by atoms with van der Waals surface area (Å²) in [7, 11) is 0. The highest BCUT2D eigenvalue weighted by molar-refractivity contribution is 9.10. The number of fused-ring (bicyclic) bond motifs is 4. The van der Waals surface area contributed by atoms with E-state index in [-0.39, 0.29) is 18.2 Å². The van der Waals surface area contributed by atoms with E-state index in [1.165, 1.54) is 38.8 Å². The van der Waals surface area contributed by atoms with Crippen LogP contribution in [0.2, 0.25) is 0 Å². The molecule has 116 valence electrons. The third-order valence-electron chi connectivity index (χ3n) is 4.80. The average Bonchev–Trinajstić information content (AvgIpc) is 2.77. The van der Waals surface area contributed by atoms with Crippen molar-refractivity contribution >= 4 is 34.1 Å². The number of benzene rings is 1. The summed E-state index contributed by atoms with van der Waals surface area (Å²) in [5.41, 5.74) is 0.831. The van der Waals surface area contributed by atoms with Crippen molar-refractivity contribution in [2.75, 3.05) is 19.6 Å². The molecule has 2 heterocycles. The number of hydrogen-bond donors (Lipinski definition) is 0. The van der Waals surface area contributed by atoms with E-state index in [9.17, 15) is 4.79 Å². The summed E-state index contributed by atoms with van der Waals surface area (Å²) in [6, 6.07) is 7.74. The largest absolute Gasteiger partial charge is 0.302 e. The van der Waals surface area contributed by atoms with E-state index in [4.69, 9.17) is 0 Å². The van der Waals surface area contributed by atoms with Gasteiger partial charge in [0.1, 0.15) is 0 Å². The van der Waals surface area contributed by atoms with Crippen LogP contribution in [0.1, 0.15) is 42.5 Å². The van der Waals surface area contributed by atoms with Gasteiger partial charge in [-0.1, -0.05) is 28.1 Å². The first-order valence-electron chi connectivity index (χ1n) is 7.72. The summed E-state index contributed by atoms with van der Waals surface area (Å²) in [4.78, 5) is 14.8. The van der Waals surface area contributed by atoms with Crippen LogP contribution in [0, 0.1) is 11.8 Å². The zero-order valence-electron chi connectivity index (χ0n) is 12.3. The molecule has 1 aliphatic carbocycles. The highest BCUT2D eigenvalue weighted by Gasteiger charge is 2.29. The van der Waals surface area contributed by atoms with Gasteiger partial charge in [-0.05, 0) is 49.7 Å². The lowest BCUT2D eigenvalue weighted by Crippen LogP contribution is -2.30. The van der Waals surface area contributed by atoms with Crippen molar-refractivity contribution in [1.29, 1.82) is 0 Å².